The summed E-state index contributed by atoms with van der Waals surface area (Å²) in [5.41, 5.74) is 3.10. The van der Waals surface area contributed by atoms with E-state index in [1.165, 1.54) is 0 Å². The zero-order chi connectivity index (χ0) is 19.7. The van der Waals surface area contributed by atoms with Gasteiger partial charge in [0.2, 0.25) is 11.7 Å². The van der Waals surface area contributed by atoms with Crippen LogP contribution < -0.4 is 5.43 Å². The smallest absolute Gasteiger partial charge is 0.240 e. The standard InChI is InChI=1S/C19H32N2O6/c1-6-7-8-9-10-14(22)20-21-16-15-13(25-18(4,5)26-15)11-23-19(16)12-24-17(2,3)27-19/h13,15H,6-12H2,1-5H3,(H,20,22)/b21-16+/t13-,15-,19-/m1/s1. The first kappa shape index (κ1) is 20.7. The Kier molecular flexibility index (Phi) is 5.93. The SMILES string of the molecule is CCCCCCC(=O)N/N=C1\[C@@H]2OC(C)(C)O[C@@H]2CO[C@@]12COC(C)(C)O2. The van der Waals surface area contributed by atoms with Crippen LogP contribution in [0.5, 0.6) is 0 Å². The molecule has 3 aliphatic rings. The predicted molar refractivity (Wildman–Crippen MR) is 98.0 cm³/mol. The molecule has 3 saturated heterocycles. The molecule has 0 saturated carbocycles. The van der Waals surface area contributed by atoms with E-state index in [9.17, 15) is 4.79 Å². The molecular weight excluding hydrogens is 352 g/mol. The Hall–Kier alpha value is -1.06. The van der Waals surface area contributed by atoms with Gasteiger partial charge in [-0.2, -0.15) is 5.10 Å². The van der Waals surface area contributed by atoms with Crippen molar-refractivity contribution >= 4 is 11.6 Å². The normalized spacial score (nSPS) is 35.5. The number of hydrazone groups is 1. The van der Waals surface area contributed by atoms with Crippen molar-refractivity contribution in [1.82, 2.24) is 5.43 Å². The summed E-state index contributed by atoms with van der Waals surface area (Å²) in [5, 5.41) is 4.37. The van der Waals surface area contributed by atoms with Crippen LogP contribution in [0, 0.1) is 0 Å². The molecule has 1 spiro atoms. The number of nitrogens with zero attached hydrogens (tertiary/aromatic N) is 1. The lowest BCUT2D eigenvalue weighted by atomic mass is 9.98. The first-order chi connectivity index (χ1) is 12.7. The van der Waals surface area contributed by atoms with Crippen molar-refractivity contribution in [2.45, 2.75) is 96.3 Å². The van der Waals surface area contributed by atoms with Crippen LogP contribution in [0.3, 0.4) is 0 Å². The summed E-state index contributed by atoms with van der Waals surface area (Å²) >= 11 is 0. The van der Waals surface area contributed by atoms with Gasteiger partial charge in [0.05, 0.1) is 6.61 Å². The number of carbonyl (C=O) groups excluding carboxylic acids is 1. The van der Waals surface area contributed by atoms with Crippen LogP contribution >= 0.6 is 0 Å². The molecule has 0 unspecified atom stereocenters. The maximum atomic E-state index is 12.2. The van der Waals surface area contributed by atoms with Crippen LogP contribution in [-0.2, 0) is 28.5 Å². The summed E-state index contributed by atoms with van der Waals surface area (Å²) in [7, 11) is 0. The largest absolute Gasteiger partial charge is 0.344 e. The highest BCUT2D eigenvalue weighted by Gasteiger charge is 2.61. The highest BCUT2D eigenvalue weighted by Crippen LogP contribution is 2.42. The van der Waals surface area contributed by atoms with Crippen molar-refractivity contribution < 1.29 is 28.5 Å². The predicted octanol–water partition coefficient (Wildman–Crippen LogP) is 2.46. The van der Waals surface area contributed by atoms with E-state index in [4.69, 9.17) is 23.7 Å². The molecule has 0 bridgehead atoms. The van der Waals surface area contributed by atoms with Crippen LogP contribution in [0.2, 0.25) is 0 Å². The van der Waals surface area contributed by atoms with Gasteiger partial charge in [-0.15, -0.1) is 0 Å². The minimum atomic E-state index is -1.18. The average molecular weight is 384 g/mol. The number of hydrogen-bond donors (Lipinski definition) is 1. The number of fused-ring (bicyclic) bond motifs is 1. The fourth-order valence-electron chi connectivity index (χ4n) is 3.66. The second-order valence-corrected chi connectivity index (χ2v) is 8.29. The van der Waals surface area contributed by atoms with Gasteiger partial charge in [0, 0.05) is 6.42 Å². The lowest BCUT2D eigenvalue weighted by Gasteiger charge is -2.38. The molecule has 0 radical (unpaired) electrons. The summed E-state index contributed by atoms with van der Waals surface area (Å²) in [5.74, 6) is -2.88. The Morgan fingerprint density at radius 1 is 1.11 bits per heavy atom. The second-order valence-electron chi connectivity index (χ2n) is 8.29. The number of amides is 1. The van der Waals surface area contributed by atoms with Gasteiger partial charge in [-0.25, -0.2) is 5.43 Å². The Labute approximate surface area is 160 Å². The molecule has 154 valence electrons. The second kappa shape index (κ2) is 7.75. The highest BCUT2D eigenvalue weighted by molar-refractivity contribution is 5.97. The molecule has 8 heteroatoms. The number of rotatable bonds is 6. The molecular formula is C19H32N2O6. The van der Waals surface area contributed by atoms with Crippen LogP contribution in [0.1, 0.15) is 66.7 Å². The van der Waals surface area contributed by atoms with Gasteiger partial charge in [-0.05, 0) is 34.1 Å². The zero-order valence-electron chi connectivity index (χ0n) is 17.0. The Morgan fingerprint density at radius 2 is 1.89 bits per heavy atom. The molecule has 1 amide bonds. The summed E-state index contributed by atoms with van der Waals surface area (Å²) < 4.78 is 29.7. The Balaban J connectivity index is 1.74. The van der Waals surface area contributed by atoms with Crippen molar-refractivity contribution in [2.75, 3.05) is 13.2 Å². The van der Waals surface area contributed by atoms with Gasteiger partial charge >= 0.3 is 0 Å². The van der Waals surface area contributed by atoms with Crippen molar-refractivity contribution in [3.8, 4) is 0 Å². The number of ether oxygens (including phenoxy) is 5. The highest BCUT2D eigenvalue weighted by atomic mass is 16.8. The third-order valence-corrected chi connectivity index (χ3v) is 4.90. The van der Waals surface area contributed by atoms with E-state index < -0.39 is 23.5 Å². The van der Waals surface area contributed by atoms with E-state index in [-0.39, 0.29) is 18.6 Å². The molecule has 3 fully saturated rings. The maximum absolute atomic E-state index is 12.2. The molecule has 3 aliphatic heterocycles. The third-order valence-electron chi connectivity index (χ3n) is 4.90. The van der Waals surface area contributed by atoms with Crippen LogP contribution in [0.25, 0.3) is 0 Å². The van der Waals surface area contributed by atoms with Crippen molar-refractivity contribution in [3.05, 3.63) is 0 Å². The molecule has 0 aromatic heterocycles. The Morgan fingerprint density at radius 3 is 2.56 bits per heavy atom. The van der Waals surface area contributed by atoms with Crippen molar-refractivity contribution in [2.24, 2.45) is 5.10 Å². The molecule has 0 aromatic rings. The van der Waals surface area contributed by atoms with Crippen LogP contribution in [0.15, 0.2) is 5.10 Å². The van der Waals surface area contributed by atoms with Gasteiger partial charge in [0.15, 0.2) is 11.6 Å². The first-order valence-corrected chi connectivity index (χ1v) is 9.87. The van der Waals surface area contributed by atoms with Crippen molar-refractivity contribution in [3.63, 3.8) is 0 Å². The van der Waals surface area contributed by atoms with Gasteiger partial charge in [-0.3, -0.25) is 4.79 Å². The number of nitrogens with one attached hydrogen (secondary N) is 1. The molecule has 0 aliphatic carbocycles. The monoisotopic (exact) mass is 384 g/mol. The minimum Gasteiger partial charge on any atom is -0.344 e. The average Bonchev–Trinajstić information content (AvgIpc) is 3.06. The van der Waals surface area contributed by atoms with Crippen molar-refractivity contribution in [1.29, 1.82) is 0 Å². The Bertz CT molecular complexity index is 589. The fraction of sp³-hybridized carbons (Fsp3) is 0.895. The zero-order valence-corrected chi connectivity index (χ0v) is 17.0. The topological polar surface area (TPSA) is 87.6 Å². The molecule has 3 atom stereocenters. The van der Waals surface area contributed by atoms with E-state index in [0.717, 1.165) is 25.7 Å². The summed E-state index contributed by atoms with van der Waals surface area (Å²) in [4.78, 5) is 12.2. The molecule has 0 aromatic carbocycles. The molecule has 3 rings (SSSR count). The summed E-state index contributed by atoms with van der Waals surface area (Å²) in [6, 6.07) is 0. The fourth-order valence-corrected chi connectivity index (χ4v) is 3.66. The number of unbranched alkanes of at least 4 members (excludes halogenated alkanes) is 3. The van der Waals surface area contributed by atoms with Crippen LogP contribution in [0.4, 0.5) is 0 Å². The lowest BCUT2D eigenvalue weighted by molar-refractivity contribution is -0.236. The van der Waals surface area contributed by atoms with E-state index in [1.54, 1.807) is 0 Å². The maximum Gasteiger partial charge on any atom is 0.240 e. The first-order valence-electron chi connectivity index (χ1n) is 9.87. The molecule has 3 heterocycles. The minimum absolute atomic E-state index is 0.132. The molecule has 27 heavy (non-hydrogen) atoms. The summed E-state index contributed by atoms with van der Waals surface area (Å²) in [6.45, 7) is 9.95. The van der Waals surface area contributed by atoms with E-state index in [2.05, 4.69) is 17.5 Å². The third kappa shape index (κ3) is 4.68. The molecule has 1 N–H and O–H groups in total. The van der Waals surface area contributed by atoms with Crippen LogP contribution in [-0.4, -0.2) is 54.4 Å². The quantitative estimate of drug-likeness (QED) is 0.559. The molecule has 8 nitrogen and oxygen atoms in total. The van der Waals surface area contributed by atoms with Gasteiger partial charge in [-0.1, -0.05) is 26.2 Å². The number of hydrogen-bond acceptors (Lipinski definition) is 7. The van der Waals surface area contributed by atoms with E-state index in [0.29, 0.717) is 18.7 Å². The number of carbonyl (C=O) groups is 1. The van der Waals surface area contributed by atoms with Gasteiger partial charge in [0.1, 0.15) is 24.5 Å². The van der Waals surface area contributed by atoms with Gasteiger partial charge in [0.25, 0.3) is 0 Å². The lowest BCUT2D eigenvalue weighted by Crippen LogP contribution is -2.59. The summed E-state index contributed by atoms with van der Waals surface area (Å²) in [6.07, 6.45) is 3.80. The van der Waals surface area contributed by atoms with E-state index >= 15 is 0 Å². The van der Waals surface area contributed by atoms with Gasteiger partial charge < -0.3 is 23.7 Å². The van der Waals surface area contributed by atoms with E-state index in [1.807, 2.05) is 27.7 Å².